The third-order valence-corrected chi connectivity index (χ3v) is 6.30. The second-order valence-corrected chi connectivity index (χ2v) is 9.77. The minimum Gasteiger partial charge on any atom is -0.350 e. The van der Waals surface area contributed by atoms with E-state index < -0.39 is 10.0 Å². The molecule has 2 amide bonds. The molecule has 0 aliphatic carbocycles. The van der Waals surface area contributed by atoms with Gasteiger partial charge in [0, 0.05) is 24.5 Å². The van der Waals surface area contributed by atoms with Crippen molar-refractivity contribution in [3.05, 3.63) is 29.8 Å². The van der Waals surface area contributed by atoms with Gasteiger partial charge < -0.3 is 10.6 Å². The van der Waals surface area contributed by atoms with Gasteiger partial charge in [0.05, 0.1) is 23.1 Å². The molecule has 0 bridgehead atoms. The van der Waals surface area contributed by atoms with Crippen LogP contribution >= 0.6 is 0 Å². The van der Waals surface area contributed by atoms with E-state index in [0.717, 1.165) is 0 Å². The molecule has 0 aromatic heterocycles. The Morgan fingerprint density at radius 3 is 2.25 bits per heavy atom. The number of nitrogens with zero attached hydrogens (tertiary/aromatic N) is 2. The van der Waals surface area contributed by atoms with Crippen LogP contribution in [0.25, 0.3) is 0 Å². The first-order valence-electron chi connectivity index (χ1n) is 9.12. The van der Waals surface area contributed by atoms with Crippen LogP contribution in [0.5, 0.6) is 0 Å². The summed E-state index contributed by atoms with van der Waals surface area (Å²) in [6.07, 6.45) is 0.782. The molecule has 0 atom stereocenters. The van der Waals surface area contributed by atoms with Gasteiger partial charge in [-0.2, -0.15) is 9.57 Å². The number of piperidine rings is 1. The summed E-state index contributed by atoms with van der Waals surface area (Å²) < 4.78 is 26.8. The maximum absolute atomic E-state index is 12.7. The fourth-order valence-electron chi connectivity index (χ4n) is 2.98. The van der Waals surface area contributed by atoms with E-state index in [1.807, 2.05) is 26.8 Å². The summed E-state index contributed by atoms with van der Waals surface area (Å²) in [5.74, 6) is -0.823. The van der Waals surface area contributed by atoms with Gasteiger partial charge in [0.1, 0.15) is 0 Å². The Kier molecular flexibility index (Phi) is 6.80. The largest absolute Gasteiger partial charge is 0.350 e. The van der Waals surface area contributed by atoms with Gasteiger partial charge in [-0.05, 0) is 57.9 Å². The summed E-state index contributed by atoms with van der Waals surface area (Å²) in [6, 6.07) is 7.72. The summed E-state index contributed by atoms with van der Waals surface area (Å²) in [5, 5.41) is 14.2. The predicted molar refractivity (Wildman–Crippen MR) is 104 cm³/mol. The third kappa shape index (κ3) is 5.78. The minimum atomic E-state index is -3.65. The minimum absolute atomic E-state index is 0.0974. The molecule has 0 saturated carbocycles. The lowest BCUT2D eigenvalue weighted by molar-refractivity contribution is -0.129. The molecule has 1 heterocycles. The number of benzene rings is 1. The molecule has 8 nitrogen and oxygen atoms in total. The predicted octanol–water partition coefficient (Wildman–Crippen LogP) is 0.990. The molecule has 0 spiro atoms. The molecule has 1 fully saturated rings. The molecule has 0 unspecified atom stereocenters. The Bertz CT molecular complexity index is 859. The number of carbonyl (C=O) groups excluding carboxylic acids is 2. The van der Waals surface area contributed by atoms with Crippen LogP contribution in [0.15, 0.2) is 29.2 Å². The molecule has 0 radical (unpaired) electrons. The van der Waals surface area contributed by atoms with Gasteiger partial charge in [0.2, 0.25) is 21.8 Å². The average molecular weight is 407 g/mol. The number of nitriles is 1. The standard InChI is InChI=1S/C19H26N4O4S/c1-19(2,3)22-17(24)13-21-18(25)15-8-10-23(11-9-15)28(26,27)16-6-4-14(12-20)5-7-16/h4-7,15H,8-11,13H2,1-3H3,(H,21,25)(H,22,24). The molecule has 9 heteroatoms. The molecule has 1 aromatic carbocycles. The van der Waals surface area contributed by atoms with Gasteiger partial charge >= 0.3 is 0 Å². The monoisotopic (exact) mass is 406 g/mol. The molecule has 28 heavy (non-hydrogen) atoms. The number of carbonyl (C=O) groups is 2. The zero-order valence-corrected chi connectivity index (χ0v) is 17.2. The summed E-state index contributed by atoms with van der Waals surface area (Å²) in [7, 11) is -3.65. The highest BCUT2D eigenvalue weighted by Crippen LogP contribution is 2.24. The van der Waals surface area contributed by atoms with Crippen LogP contribution in [0.2, 0.25) is 0 Å². The average Bonchev–Trinajstić information content (AvgIpc) is 2.65. The lowest BCUT2D eigenvalue weighted by Gasteiger charge is -2.30. The number of amides is 2. The Labute approximate surface area is 166 Å². The summed E-state index contributed by atoms with van der Waals surface area (Å²) in [4.78, 5) is 24.2. The van der Waals surface area contributed by atoms with E-state index >= 15 is 0 Å². The molecule has 2 rings (SSSR count). The maximum Gasteiger partial charge on any atom is 0.243 e. The van der Waals surface area contributed by atoms with Gasteiger partial charge in [0.25, 0.3) is 0 Å². The van der Waals surface area contributed by atoms with Crippen molar-refractivity contribution in [3.63, 3.8) is 0 Å². The van der Waals surface area contributed by atoms with Crippen LogP contribution in [0.4, 0.5) is 0 Å². The lowest BCUT2D eigenvalue weighted by atomic mass is 9.97. The van der Waals surface area contributed by atoms with Crippen molar-refractivity contribution in [3.8, 4) is 6.07 Å². The highest BCUT2D eigenvalue weighted by Gasteiger charge is 2.32. The molecule has 152 valence electrons. The number of sulfonamides is 1. The quantitative estimate of drug-likeness (QED) is 0.756. The number of rotatable bonds is 5. The van der Waals surface area contributed by atoms with Gasteiger partial charge in [-0.15, -0.1) is 0 Å². The third-order valence-electron chi connectivity index (χ3n) is 4.38. The van der Waals surface area contributed by atoms with Crippen LogP contribution in [0.3, 0.4) is 0 Å². The number of nitrogens with one attached hydrogen (secondary N) is 2. The Morgan fingerprint density at radius 1 is 1.18 bits per heavy atom. The normalized spacial score (nSPS) is 16.2. The number of hydrogen-bond donors (Lipinski definition) is 2. The van der Waals surface area contributed by atoms with E-state index in [4.69, 9.17) is 5.26 Å². The lowest BCUT2D eigenvalue weighted by Crippen LogP contribution is -2.48. The Hall–Kier alpha value is -2.44. The molecule has 1 saturated heterocycles. The first kappa shape index (κ1) is 21.9. The van der Waals surface area contributed by atoms with Gasteiger partial charge in [0.15, 0.2) is 0 Å². The highest BCUT2D eigenvalue weighted by molar-refractivity contribution is 7.89. The van der Waals surface area contributed by atoms with Crippen LogP contribution in [0.1, 0.15) is 39.2 Å². The summed E-state index contributed by atoms with van der Waals surface area (Å²) in [5.41, 5.74) is 0.0253. The van der Waals surface area contributed by atoms with Crippen LogP contribution in [-0.4, -0.2) is 49.7 Å². The fourth-order valence-corrected chi connectivity index (χ4v) is 4.45. The van der Waals surface area contributed by atoms with Crippen molar-refractivity contribution in [1.82, 2.24) is 14.9 Å². The van der Waals surface area contributed by atoms with Crippen molar-refractivity contribution in [1.29, 1.82) is 5.26 Å². The zero-order valence-electron chi connectivity index (χ0n) is 16.4. The van der Waals surface area contributed by atoms with E-state index in [9.17, 15) is 18.0 Å². The van der Waals surface area contributed by atoms with E-state index in [0.29, 0.717) is 18.4 Å². The zero-order chi connectivity index (χ0) is 20.9. The summed E-state index contributed by atoms with van der Waals surface area (Å²) >= 11 is 0. The second-order valence-electron chi connectivity index (χ2n) is 7.83. The maximum atomic E-state index is 12.7. The summed E-state index contributed by atoms with van der Waals surface area (Å²) in [6.45, 7) is 5.94. The fraction of sp³-hybridized carbons (Fsp3) is 0.526. The van der Waals surface area contributed by atoms with E-state index in [-0.39, 0.29) is 47.8 Å². The van der Waals surface area contributed by atoms with Gasteiger partial charge in [-0.3, -0.25) is 9.59 Å². The van der Waals surface area contributed by atoms with Crippen molar-refractivity contribution in [2.75, 3.05) is 19.6 Å². The highest BCUT2D eigenvalue weighted by atomic mass is 32.2. The van der Waals surface area contributed by atoms with Crippen molar-refractivity contribution >= 4 is 21.8 Å². The molecule has 1 aliphatic heterocycles. The first-order valence-corrected chi connectivity index (χ1v) is 10.6. The van der Waals surface area contributed by atoms with E-state index in [1.54, 1.807) is 0 Å². The van der Waals surface area contributed by atoms with Crippen molar-refractivity contribution in [2.24, 2.45) is 5.92 Å². The SMILES string of the molecule is CC(C)(C)NC(=O)CNC(=O)C1CCN(S(=O)(=O)c2ccc(C#N)cc2)CC1. The molecular formula is C19H26N4O4S. The Morgan fingerprint density at radius 2 is 1.75 bits per heavy atom. The van der Waals surface area contributed by atoms with Gasteiger partial charge in [-0.1, -0.05) is 0 Å². The molecular weight excluding hydrogens is 380 g/mol. The first-order chi connectivity index (χ1) is 13.0. The van der Waals surface area contributed by atoms with Crippen LogP contribution in [0, 0.1) is 17.2 Å². The molecule has 2 N–H and O–H groups in total. The molecule has 1 aromatic rings. The van der Waals surface area contributed by atoms with Crippen LogP contribution < -0.4 is 10.6 Å². The topological polar surface area (TPSA) is 119 Å². The molecule has 1 aliphatic rings. The second kappa shape index (κ2) is 8.71. The van der Waals surface area contributed by atoms with Crippen molar-refractivity contribution < 1.29 is 18.0 Å². The van der Waals surface area contributed by atoms with Crippen molar-refractivity contribution in [2.45, 2.75) is 44.0 Å². The van der Waals surface area contributed by atoms with Crippen LogP contribution in [-0.2, 0) is 19.6 Å². The number of hydrogen-bond acceptors (Lipinski definition) is 5. The Balaban J connectivity index is 1.88. The van der Waals surface area contributed by atoms with E-state index in [2.05, 4.69) is 10.6 Å². The van der Waals surface area contributed by atoms with E-state index in [1.165, 1.54) is 28.6 Å². The van der Waals surface area contributed by atoms with Gasteiger partial charge in [-0.25, -0.2) is 8.42 Å². The smallest absolute Gasteiger partial charge is 0.243 e.